The summed E-state index contributed by atoms with van der Waals surface area (Å²) in [4.78, 5) is 13.2. The maximum Gasteiger partial charge on any atom is 0.169 e. The molecule has 3 heterocycles. The molecule has 0 spiro atoms. The first-order chi connectivity index (χ1) is 10.9. The highest BCUT2D eigenvalue weighted by molar-refractivity contribution is 7.13. The van der Waals surface area contributed by atoms with Crippen LogP contribution in [-0.2, 0) is 13.0 Å². The number of thiophene rings is 1. The lowest BCUT2D eigenvalue weighted by atomic mass is 9.88. The van der Waals surface area contributed by atoms with Crippen LogP contribution in [0.4, 0.5) is 0 Å². The fraction of sp³-hybridized carbons (Fsp3) is 0.556. The van der Waals surface area contributed by atoms with E-state index >= 15 is 0 Å². The average molecular weight is 313 g/mol. The van der Waals surface area contributed by atoms with Crippen LogP contribution in [0.1, 0.15) is 43.4 Å². The van der Waals surface area contributed by atoms with Crippen molar-refractivity contribution in [3.8, 4) is 10.7 Å². The van der Waals surface area contributed by atoms with E-state index in [1.807, 2.05) is 0 Å². The Morgan fingerprint density at radius 1 is 1.23 bits per heavy atom. The fourth-order valence-electron chi connectivity index (χ4n) is 3.77. The van der Waals surface area contributed by atoms with E-state index in [-0.39, 0.29) is 0 Å². The molecule has 1 aliphatic heterocycles. The molecule has 0 aromatic carbocycles. The van der Waals surface area contributed by atoms with Crippen LogP contribution in [0.5, 0.6) is 0 Å². The summed E-state index contributed by atoms with van der Waals surface area (Å²) < 4.78 is 0. The zero-order valence-corrected chi connectivity index (χ0v) is 13.8. The number of rotatable bonds is 3. The van der Waals surface area contributed by atoms with E-state index in [0.29, 0.717) is 0 Å². The monoisotopic (exact) mass is 313 g/mol. The van der Waals surface area contributed by atoms with Crippen molar-refractivity contribution in [3.05, 3.63) is 35.0 Å². The van der Waals surface area contributed by atoms with Gasteiger partial charge in [0.15, 0.2) is 5.82 Å². The normalized spacial score (nSPS) is 20.0. The Morgan fingerprint density at radius 2 is 2.14 bits per heavy atom. The summed E-state index contributed by atoms with van der Waals surface area (Å²) in [5.74, 6) is 1.81. The Morgan fingerprint density at radius 3 is 2.95 bits per heavy atom. The Labute approximate surface area is 136 Å². The molecule has 0 radical (unpaired) electrons. The lowest BCUT2D eigenvalue weighted by molar-refractivity contribution is 0.184. The van der Waals surface area contributed by atoms with Gasteiger partial charge in [-0.1, -0.05) is 25.3 Å². The van der Waals surface area contributed by atoms with Crippen molar-refractivity contribution in [1.82, 2.24) is 14.9 Å². The predicted molar refractivity (Wildman–Crippen MR) is 90.9 cm³/mol. The second-order valence-corrected chi connectivity index (χ2v) is 7.58. The summed E-state index contributed by atoms with van der Waals surface area (Å²) in [6.07, 6.45) is 10.3. The first-order valence-electron chi connectivity index (χ1n) is 8.49. The smallest absolute Gasteiger partial charge is 0.169 e. The molecule has 0 unspecified atom stereocenters. The van der Waals surface area contributed by atoms with Gasteiger partial charge in [-0.3, -0.25) is 4.90 Å². The molecule has 0 amide bonds. The first kappa shape index (κ1) is 14.3. The number of aromatic nitrogens is 2. The molecule has 116 valence electrons. The molecule has 3 nitrogen and oxygen atoms in total. The van der Waals surface area contributed by atoms with Crippen LogP contribution < -0.4 is 0 Å². The topological polar surface area (TPSA) is 29.0 Å². The Bertz CT molecular complexity index is 617. The van der Waals surface area contributed by atoms with Gasteiger partial charge in [-0.2, -0.15) is 0 Å². The molecule has 0 saturated heterocycles. The minimum atomic E-state index is 0.897. The molecule has 2 aromatic heterocycles. The van der Waals surface area contributed by atoms with Crippen LogP contribution in [-0.4, -0.2) is 28.0 Å². The lowest BCUT2D eigenvalue weighted by Crippen LogP contribution is -2.35. The molecular formula is C18H23N3S. The summed E-state index contributed by atoms with van der Waals surface area (Å²) in [7, 11) is 0. The van der Waals surface area contributed by atoms with Crippen molar-refractivity contribution in [2.45, 2.75) is 45.1 Å². The van der Waals surface area contributed by atoms with E-state index in [1.54, 1.807) is 11.3 Å². The van der Waals surface area contributed by atoms with Gasteiger partial charge in [-0.05, 0) is 42.2 Å². The third kappa shape index (κ3) is 3.08. The van der Waals surface area contributed by atoms with Crippen molar-refractivity contribution in [2.75, 3.05) is 13.1 Å². The van der Waals surface area contributed by atoms with Gasteiger partial charge in [-0.15, -0.1) is 11.3 Å². The van der Waals surface area contributed by atoms with E-state index in [2.05, 4.69) is 33.6 Å². The minimum absolute atomic E-state index is 0.897. The Kier molecular flexibility index (Phi) is 4.22. The van der Waals surface area contributed by atoms with Crippen LogP contribution in [0.15, 0.2) is 23.7 Å². The maximum absolute atomic E-state index is 4.86. The van der Waals surface area contributed by atoms with Crippen LogP contribution in [0.25, 0.3) is 10.7 Å². The molecule has 0 N–H and O–H groups in total. The zero-order chi connectivity index (χ0) is 14.8. The lowest BCUT2D eigenvalue weighted by Gasteiger charge is -2.32. The van der Waals surface area contributed by atoms with E-state index < -0.39 is 0 Å². The van der Waals surface area contributed by atoms with Crippen molar-refractivity contribution in [3.63, 3.8) is 0 Å². The van der Waals surface area contributed by atoms with Crippen LogP contribution in [0.3, 0.4) is 0 Å². The maximum atomic E-state index is 4.86. The van der Waals surface area contributed by atoms with Gasteiger partial charge < -0.3 is 0 Å². The summed E-state index contributed by atoms with van der Waals surface area (Å²) in [6, 6.07) is 4.17. The van der Waals surface area contributed by atoms with E-state index in [1.165, 1.54) is 61.3 Å². The highest BCUT2D eigenvalue weighted by Gasteiger charge is 2.22. The number of nitrogens with zero attached hydrogens (tertiary/aromatic N) is 3. The molecule has 1 fully saturated rings. The van der Waals surface area contributed by atoms with Crippen molar-refractivity contribution >= 4 is 11.3 Å². The zero-order valence-electron chi connectivity index (χ0n) is 13.0. The Balaban J connectivity index is 1.48. The molecule has 4 heteroatoms. The second kappa shape index (κ2) is 6.47. The molecule has 1 saturated carbocycles. The number of hydrogen-bond acceptors (Lipinski definition) is 4. The molecule has 2 aromatic rings. The third-order valence-electron chi connectivity index (χ3n) is 5.01. The van der Waals surface area contributed by atoms with E-state index in [9.17, 15) is 0 Å². The molecule has 4 rings (SSSR count). The van der Waals surface area contributed by atoms with Crippen molar-refractivity contribution in [2.24, 2.45) is 5.92 Å². The van der Waals surface area contributed by atoms with Crippen LogP contribution in [0.2, 0.25) is 0 Å². The summed E-state index contributed by atoms with van der Waals surface area (Å²) >= 11 is 1.72. The van der Waals surface area contributed by atoms with Crippen molar-refractivity contribution < 1.29 is 0 Å². The van der Waals surface area contributed by atoms with Gasteiger partial charge in [0.25, 0.3) is 0 Å². The van der Waals surface area contributed by atoms with E-state index in [0.717, 1.165) is 24.7 Å². The summed E-state index contributed by atoms with van der Waals surface area (Å²) in [5.41, 5.74) is 2.60. The molecule has 22 heavy (non-hydrogen) atoms. The van der Waals surface area contributed by atoms with Gasteiger partial charge in [0.1, 0.15) is 0 Å². The standard InChI is InChI=1S/C18H23N3S/c1-2-5-14(6-3-1)12-21-9-8-15-11-19-18(20-16(15)13-21)17-7-4-10-22-17/h4,7,10-11,14H,1-3,5-6,8-9,12-13H2. The molecule has 1 aliphatic carbocycles. The highest BCUT2D eigenvalue weighted by Crippen LogP contribution is 2.27. The summed E-state index contributed by atoms with van der Waals surface area (Å²) in [6.45, 7) is 3.44. The molecule has 0 bridgehead atoms. The largest absolute Gasteiger partial charge is 0.297 e. The predicted octanol–water partition coefficient (Wildman–Crippen LogP) is 4.14. The fourth-order valence-corrected chi connectivity index (χ4v) is 4.44. The van der Waals surface area contributed by atoms with Gasteiger partial charge in [0.2, 0.25) is 0 Å². The Hall–Kier alpha value is -1.26. The van der Waals surface area contributed by atoms with Crippen LogP contribution in [0, 0.1) is 5.92 Å². The van der Waals surface area contributed by atoms with Crippen LogP contribution >= 0.6 is 11.3 Å². The number of fused-ring (bicyclic) bond motifs is 1. The third-order valence-corrected chi connectivity index (χ3v) is 5.87. The van der Waals surface area contributed by atoms with Gasteiger partial charge in [0.05, 0.1) is 10.6 Å². The first-order valence-corrected chi connectivity index (χ1v) is 9.37. The van der Waals surface area contributed by atoms with Gasteiger partial charge >= 0.3 is 0 Å². The van der Waals surface area contributed by atoms with Crippen molar-refractivity contribution in [1.29, 1.82) is 0 Å². The van der Waals surface area contributed by atoms with Gasteiger partial charge in [0, 0.05) is 25.8 Å². The number of hydrogen-bond donors (Lipinski definition) is 0. The van der Waals surface area contributed by atoms with E-state index in [4.69, 9.17) is 4.98 Å². The van der Waals surface area contributed by atoms with Gasteiger partial charge in [-0.25, -0.2) is 9.97 Å². The average Bonchev–Trinajstić information content (AvgIpc) is 3.10. The molecular weight excluding hydrogens is 290 g/mol. The summed E-state index contributed by atoms with van der Waals surface area (Å²) in [5, 5.41) is 2.09. The molecule has 0 atom stereocenters. The minimum Gasteiger partial charge on any atom is -0.297 e. The second-order valence-electron chi connectivity index (χ2n) is 6.63. The quantitative estimate of drug-likeness (QED) is 0.852. The highest BCUT2D eigenvalue weighted by atomic mass is 32.1. The SMILES string of the molecule is c1csc(-c2ncc3c(n2)CN(CC2CCCCC2)CC3)c1. The molecule has 2 aliphatic rings.